The third-order valence-electron chi connectivity index (χ3n) is 6.68. The highest BCUT2D eigenvalue weighted by Gasteiger charge is 2.50. The molecule has 3 rings (SSSR count). The first kappa shape index (κ1) is 27.8. The molecule has 2 atom stereocenters. The lowest BCUT2D eigenvalue weighted by molar-refractivity contribution is -0.130. The minimum Gasteiger partial charge on any atom is -0.497 e. The fourth-order valence-corrected chi connectivity index (χ4v) is 9.42. The zero-order chi connectivity index (χ0) is 26.2. The van der Waals surface area contributed by atoms with Gasteiger partial charge in [0.1, 0.15) is 11.9 Å². The fourth-order valence-electron chi connectivity index (χ4n) is 4.73. The molecule has 0 radical (unpaired) electrons. The smallest absolute Gasteiger partial charge is 0.261 e. The van der Waals surface area contributed by atoms with Gasteiger partial charge in [-0.1, -0.05) is 100 Å². The molecule has 36 heavy (non-hydrogen) atoms. The maximum absolute atomic E-state index is 12.4. The van der Waals surface area contributed by atoms with Gasteiger partial charge in [0.15, 0.2) is 5.78 Å². The number of hydrogen-bond acceptors (Lipinski definition) is 4. The molecule has 4 nitrogen and oxygen atoms in total. The number of methoxy groups -OCH3 is 1. The van der Waals surface area contributed by atoms with Crippen LogP contribution in [0, 0.1) is 5.92 Å². The summed E-state index contributed by atoms with van der Waals surface area (Å²) in [6.45, 7) is 11.5. The zero-order valence-electron chi connectivity index (χ0n) is 22.5. The number of benzene rings is 3. The standard InChI is InChI=1S/C31H40O4Si/c1-24(21-30(25(2)32)34-23-26-17-19-27(33-6)20-18-26)22-35-36(31(3,4)5,28-13-9-7-10-14-28)29-15-11-8-12-16-29/h7-20,24,30H,21-23H2,1-6H3/t24-,30-/m0/s1. The molecule has 0 aliphatic heterocycles. The Bertz CT molecular complexity index is 1040. The van der Waals surface area contributed by atoms with E-state index in [1.807, 2.05) is 24.3 Å². The number of carbonyl (C=O) groups excluding carboxylic acids is 1. The predicted molar refractivity (Wildman–Crippen MR) is 150 cm³/mol. The van der Waals surface area contributed by atoms with E-state index in [1.165, 1.54) is 10.4 Å². The average Bonchev–Trinajstić information content (AvgIpc) is 2.87. The van der Waals surface area contributed by atoms with E-state index in [9.17, 15) is 4.79 Å². The Morgan fingerprint density at radius 3 is 1.83 bits per heavy atom. The van der Waals surface area contributed by atoms with E-state index in [-0.39, 0.29) is 16.7 Å². The predicted octanol–water partition coefficient (Wildman–Crippen LogP) is 5.77. The largest absolute Gasteiger partial charge is 0.497 e. The van der Waals surface area contributed by atoms with Crippen molar-refractivity contribution in [1.29, 1.82) is 0 Å². The van der Waals surface area contributed by atoms with Gasteiger partial charge in [0, 0.05) is 6.61 Å². The van der Waals surface area contributed by atoms with Gasteiger partial charge in [-0.3, -0.25) is 4.79 Å². The van der Waals surface area contributed by atoms with Crippen LogP contribution in [0.5, 0.6) is 5.75 Å². The minimum atomic E-state index is -2.61. The van der Waals surface area contributed by atoms with Crippen LogP contribution >= 0.6 is 0 Å². The van der Waals surface area contributed by atoms with Crippen LogP contribution in [-0.2, 0) is 20.6 Å². The minimum absolute atomic E-state index is 0.0424. The molecule has 0 unspecified atom stereocenters. The van der Waals surface area contributed by atoms with Crippen LogP contribution in [-0.4, -0.2) is 33.9 Å². The van der Waals surface area contributed by atoms with Gasteiger partial charge in [-0.05, 0) is 52.4 Å². The van der Waals surface area contributed by atoms with Crippen molar-refractivity contribution in [3.8, 4) is 5.75 Å². The normalized spacial score (nSPS) is 13.7. The van der Waals surface area contributed by atoms with Crippen molar-refractivity contribution in [2.24, 2.45) is 5.92 Å². The SMILES string of the molecule is COc1ccc(CO[C@@H](C[C@H](C)CO[Si](c2ccccc2)(c2ccccc2)C(C)(C)C)C(C)=O)cc1. The van der Waals surface area contributed by atoms with Crippen molar-refractivity contribution in [2.75, 3.05) is 13.7 Å². The summed E-state index contributed by atoms with van der Waals surface area (Å²) in [5.41, 5.74) is 1.01. The Kier molecular flexibility index (Phi) is 9.66. The molecule has 0 saturated heterocycles. The molecular weight excluding hydrogens is 464 g/mol. The topological polar surface area (TPSA) is 44.8 Å². The van der Waals surface area contributed by atoms with E-state index in [0.29, 0.717) is 19.6 Å². The molecule has 0 bridgehead atoms. The molecule has 3 aromatic carbocycles. The summed E-state index contributed by atoms with van der Waals surface area (Å²) in [7, 11) is -0.962. The van der Waals surface area contributed by atoms with Crippen LogP contribution in [0.1, 0.15) is 46.6 Å². The molecule has 3 aromatic rings. The van der Waals surface area contributed by atoms with E-state index < -0.39 is 14.4 Å². The molecule has 0 N–H and O–H groups in total. The lowest BCUT2D eigenvalue weighted by Gasteiger charge is -2.43. The summed E-state index contributed by atoms with van der Waals surface area (Å²) in [5.74, 6) is 0.994. The molecule has 5 heteroatoms. The fraction of sp³-hybridized carbons (Fsp3) is 0.387. The Labute approximate surface area is 217 Å². The maximum Gasteiger partial charge on any atom is 0.261 e. The van der Waals surface area contributed by atoms with Crippen molar-refractivity contribution in [1.82, 2.24) is 0 Å². The van der Waals surface area contributed by atoms with Gasteiger partial charge in [-0.2, -0.15) is 0 Å². The first-order chi connectivity index (χ1) is 17.2. The summed E-state index contributed by atoms with van der Waals surface area (Å²) < 4.78 is 18.3. The van der Waals surface area contributed by atoms with Gasteiger partial charge in [0.2, 0.25) is 0 Å². The molecule has 0 saturated carbocycles. The number of ketones is 1. The Balaban J connectivity index is 1.76. The van der Waals surface area contributed by atoms with Gasteiger partial charge >= 0.3 is 0 Å². The molecule has 0 aliphatic rings. The quantitative estimate of drug-likeness (QED) is 0.294. The van der Waals surface area contributed by atoms with Crippen LogP contribution < -0.4 is 15.1 Å². The first-order valence-corrected chi connectivity index (χ1v) is 14.6. The van der Waals surface area contributed by atoms with Crippen molar-refractivity contribution in [3.63, 3.8) is 0 Å². The van der Waals surface area contributed by atoms with Gasteiger partial charge < -0.3 is 13.9 Å². The Morgan fingerprint density at radius 1 is 0.861 bits per heavy atom. The van der Waals surface area contributed by atoms with Crippen LogP contribution in [0.3, 0.4) is 0 Å². The Hall–Kier alpha value is -2.73. The van der Waals surface area contributed by atoms with E-state index in [4.69, 9.17) is 13.9 Å². The molecule has 0 spiro atoms. The number of rotatable bonds is 12. The Morgan fingerprint density at radius 2 is 1.39 bits per heavy atom. The highest BCUT2D eigenvalue weighted by Crippen LogP contribution is 2.37. The molecule has 0 fully saturated rings. The van der Waals surface area contributed by atoms with E-state index in [1.54, 1.807) is 14.0 Å². The van der Waals surface area contributed by atoms with Gasteiger partial charge in [-0.25, -0.2) is 0 Å². The van der Waals surface area contributed by atoms with E-state index in [2.05, 4.69) is 88.4 Å². The van der Waals surface area contributed by atoms with Crippen LogP contribution in [0.25, 0.3) is 0 Å². The van der Waals surface area contributed by atoms with E-state index in [0.717, 1.165) is 11.3 Å². The number of carbonyl (C=O) groups is 1. The van der Waals surface area contributed by atoms with Gasteiger partial charge in [-0.15, -0.1) is 0 Å². The highest BCUT2D eigenvalue weighted by molar-refractivity contribution is 6.99. The second kappa shape index (κ2) is 12.5. The molecule has 0 amide bonds. The van der Waals surface area contributed by atoms with E-state index >= 15 is 0 Å². The number of hydrogen-bond donors (Lipinski definition) is 0. The molecule has 192 valence electrons. The third-order valence-corrected chi connectivity index (χ3v) is 11.7. The van der Waals surface area contributed by atoms with Crippen molar-refractivity contribution in [3.05, 3.63) is 90.5 Å². The summed E-state index contributed by atoms with van der Waals surface area (Å²) in [4.78, 5) is 12.4. The summed E-state index contributed by atoms with van der Waals surface area (Å²) in [6.07, 6.45) is 0.147. The van der Waals surface area contributed by atoms with Crippen molar-refractivity contribution < 1.29 is 18.7 Å². The number of ether oxygens (including phenoxy) is 2. The zero-order valence-corrected chi connectivity index (χ0v) is 23.5. The molecular formula is C31H40O4Si. The maximum atomic E-state index is 12.4. The molecule has 0 heterocycles. The first-order valence-electron chi connectivity index (χ1n) is 12.7. The summed E-state index contributed by atoms with van der Waals surface area (Å²) in [5, 5.41) is 2.44. The van der Waals surface area contributed by atoms with Crippen molar-refractivity contribution >= 4 is 24.5 Å². The second-order valence-electron chi connectivity index (χ2n) is 10.6. The summed E-state index contributed by atoms with van der Waals surface area (Å²) >= 11 is 0. The van der Waals surface area contributed by atoms with Crippen LogP contribution in [0.2, 0.25) is 5.04 Å². The highest BCUT2D eigenvalue weighted by atomic mass is 28.4. The number of Topliss-reactive ketones (excluding diaryl/α,β-unsaturated/α-hetero) is 1. The lowest BCUT2D eigenvalue weighted by Crippen LogP contribution is -2.66. The average molecular weight is 505 g/mol. The van der Waals surface area contributed by atoms with Crippen LogP contribution in [0.4, 0.5) is 0 Å². The third kappa shape index (κ3) is 6.72. The second-order valence-corrected chi connectivity index (χ2v) is 14.9. The van der Waals surface area contributed by atoms with Crippen LogP contribution in [0.15, 0.2) is 84.9 Å². The van der Waals surface area contributed by atoms with Gasteiger partial charge in [0.05, 0.1) is 13.7 Å². The molecule has 0 aromatic heterocycles. The monoisotopic (exact) mass is 504 g/mol. The van der Waals surface area contributed by atoms with Gasteiger partial charge in [0.25, 0.3) is 8.32 Å². The molecule has 0 aliphatic carbocycles. The lowest BCUT2D eigenvalue weighted by atomic mass is 10.0. The summed E-state index contributed by atoms with van der Waals surface area (Å²) in [6, 6.07) is 29.0. The van der Waals surface area contributed by atoms with Crippen molar-refractivity contribution in [2.45, 2.75) is 58.8 Å².